The largest absolute Gasteiger partial charge is 0.507 e. The molecular weight excluding hydrogens is 336 g/mol. The Bertz CT molecular complexity index is 1040. The second-order valence-corrected chi connectivity index (χ2v) is 7.22. The molecule has 2 aromatic heterocycles. The molecule has 0 atom stereocenters. The minimum Gasteiger partial charge on any atom is -0.507 e. The summed E-state index contributed by atoms with van der Waals surface area (Å²) in [6, 6.07) is 7.31. The lowest BCUT2D eigenvalue weighted by Crippen LogP contribution is -2.44. The van der Waals surface area contributed by atoms with Crippen LogP contribution in [0.5, 0.6) is 11.5 Å². The van der Waals surface area contributed by atoms with E-state index in [2.05, 4.69) is 6.92 Å². The van der Waals surface area contributed by atoms with Crippen LogP contribution in [0.3, 0.4) is 0 Å². The predicted molar refractivity (Wildman–Crippen MR) is 95.7 cm³/mol. The van der Waals surface area contributed by atoms with Crippen LogP contribution in [0.25, 0.3) is 22.5 Å². The molecule has 1 saturated heterocycles. The summed E-state index contributed by atoms with van der Waals surface area (Å²) in [5.41, 5.74) is 0.787. The molecule has 0 aliphatic carbocycles. The molecule has 3 heterocycles. The van der Waals surface area contributed by atoms with Gasteiger partial charge in [-0.1, -0.05) is 6.92 Å². The fourth-order valence-electron chi connectivity index (χ4n) is 2.98. The van der Waals surface area contributed by atoms with E-state index in [0.29, 0.717) is 36.7 Å². The number of aromatic hydroxyl groups is 1. The third kappa shape index (κ3) is 2.76. The summed E-state index contributed by atoms with van der Waals surface area (Å²) in [6.45, 7) is 7.33. The van der Waals surface area contributed by atoms with Gasteiger partial charge in [0.2, 0.25) is 0 Å². The average molecular weight is 356 g/mol. The standard InChI is InChI=1S/C20H20O6/c1-11-17(21)12(2)19(22)26-18(11)16-7-13-6-14(4-5-15(13)25-16)24-10-20(3)8-23-9-20/h4-7,21H,8-10H2,1-3H3. The van der Waals surface area contributed by atoms with E-state index in [-0.39, 0.29) is 22.5 Å². The third-order valence-electron chi connectivity index (χ3n) is 4.75. The molecule has 6 nitrogen and oxygen atoms in total. The highest BCUT2D eigenvalue weighted by Crippen LogP contribution is 2.35. The van der Waals surface area contributed by atoms with E-state index in [1.807, 2.05) is 18.2 Å². The first-order valence-electron chi connectivity index (χ1n) is 8.44. The summed E-state index contributed by atoms with van der Waals surface area (Å²) in [4.78, 5) is 11.9. The van der Waals surface area contributed by atoms with Crippen molar-refractivity contribution in [2.24, 2.45) is 5.41 Å². The Kier molecular flexibility index (Phi) is 3.80. The van der Waals surface area contributed by atoms with E-state index in [9.17, 15) is 9.90 Å². The lowest BCUT2D eigenvalue weighted by atomic mass is 9.90. The Morgan fingerprint density at radius 1 is 1.15 bits per heavy atom. The molecule has 0 spiro atoms. The maximum absolute atomic E-state index is 11.9. The average Bonchev–Trinajstić information content (AvgIpc) is 3.02. The molecule has 1 aliphatic heterocycles. The molecule has 1 aromatic carbocycles. The van der Waals surface area contributed by atoms with Crippen molar-refractivity contribution in [3.8, 4) is 23.0 Å². The van der Waals surface area contributed by atoms with Crippen molar-refractivity contribution < 1.29 is 23.4 Å². The predicted octanol–water partition coefficient (Wildman–Crippen LogP) is 3.79. The van der Waals surface area contributed by atoms with E-state index in [1.54, 1.807) is 13.0 Å². The van der Waals surface area contributed by atoms with Crippen LogP contribution in [0.2, 0.25) is 0 Å². The van der Waals surface area contributed by atoms with Crippen LogP contribution < -0.4 is 10.4 Å². The number of hydrogen-bond acceptors (Lipinski definition) is 6. The molecule has 4 rings (SSSR count). The zero-order valence-electron chi connectivity index (χ0n) is 14.9. The van der Waals surface area contributed by atoms with Gasteiger partial charge in [0.1, 0.15) is 17.1 Å². The van der Waals surface area contributed by atoms with Gasteiger partial charge in [0.05, 0.1) is 25.4 Å². The van der Waals surface area contributed by atoms with Gasteiger partial charge in [-0.15, -0.1) is 0 Å². The number of benzene rings is 1. The summed E-state index contributed by atoms with van der Waals surface area (Å²) in [5, 5.41) is 10.9. The summed E-state index contributed by atoms with van der Waals surface area (Å²) >= 11 is 0. The highest BCUT2D eigenvalue weighted by Gasteiger charge is 2.34. The van der Waals surface area contributed by atoms with Gasteiger partial charge < -0.3 is 23.4 Å². The smallest absolute Gasteiger partial charge is 0.343 e. The van der Waals surface area contributed by atoms with Crippen molar-refractivity contribution in [1.29, 1.82) is 0 Å². The van der Waals surface area contributed by atoms with Crippen molar-refractivity contribution in [1.82, 2.24) is 0 Å². The van der Waals surface area contributed by atoms with Crippen molar-refractivity contribution >= 4 is 11.0 Å². The Balaban J connectivity index is 1.67. The summed E-state index contributed by atoms with van der Waals surface area (Å²) in [7, 11) is 0. The van der Waals surface area contributed by atoms with E-state index in [0.717, 1.165) is 11.1 Å². The van der Waals surface area contributed by atoms with Crippen LogP contribution >= 0.6 is 0 Å². The van der Waals surface area contributed by atoms with Crippen molar-refractivity contribution in [3.63, 3.8) is 0 Å². The van der Waals surface area contributed by atoms with Crippen molar-refractivity contribution in [2.75, 3.05) is 19.8 Å². The molecule has 1 fully saturated rings. The molecule has 26 heavy (non-hydrogen) atoms. The van der Waals surface area contributed by atoms with E-state index in [1.165, 1.54) is 6.92 Å². The second kappa shape index (κ2) is 5.92. The fraction of sp³-hybridized carbons (Fsp3) is 0.350. The van der Waals surface area contributed by atoms with Crippen LogP contribution in [0.1, 0.15) is 18.1 Å². The number of hydrogen-bond donors (Lipinski definition) is 1. The maximum atomic E-state index is 11.9. The first-order chi connectivity index (χ1) is 12.4. The zero-order chi connectivity index (χ0) is 18.5. The highest BCUT2D eigenvalue weighted by molar-refractivity contribution is 5.84. The number of rotatable bonds is 4. The minimum absolute atomic E-state index is 0.0659. The van der Waals surface area contributed by atoms with Gasteiger partial charge >= 0.3 is 5.63 Å². The zero-order valence-corrected chi connectivity index (χ0v) is 14.9. The maximum Gasteiger partial charge on any atom is 0.343 e. The molecule has 1 aliphatic rings. The minimum atomic E-state index is -0.580. The first kappa shape index (κ1) is 16.7. The highest BCUT2D eigenvalue weighted by atomic mass is 16.5. The lowest BCUT2D eigenvalue weighted by Gasteiger charge is -2.37. The Morgan fingerprint density at radius 3 is 2.62 bits per heavy atom. The van der Waals surface area contributed by atoms with Gasteiger partial charge in [0.15, 0.2) is 11.5 Å². The molecule has 0 radical (unpaired) electrons. The topological polar surface area (TPSA) is 82.0 Å². The summed E-state index contributed by atoms with van der Waals surface area (Å²) < 4.78 is 22.2. The third-order valence-corrected chi connectivity index (χ3v) is 4.75. The normalized spacial score (nSPS) is 15.8. The van der Waals surface area contributed by atoms with Gasteiger partial charge in [0, 0.05) is 16.4 Å². The second-order valence-electron chi connectivity index (χ2n) is 7.22. The lowest BCUT2D eigenvalue weighted by molar-refractivity contribution is -0.120. The summed E-state index contributed by atoms with van der Waals surface area (Å²) in [6.07, 6.45) is 0. The molecular formula is C20H20O6. The monoisotopic (exact) mass is 356 g/mol. The van der Waals surface area contributed by atoms with E-state index < -0.39 is 5.63 Å². The molecule has 3 aromatic rings. The number of ether oxygens (including phenoxy) is 2. The quantitative estimate of drug-likeness (QED) is 0.766. The first-order valence-corrected chi connectivity index (χ1v) is 8.44. The molecule has 136 valence electrons. The Labute approximate surface area is 150 Å². The summed E-state index contributed by atoms with van der Waals surface area (Å²) in [5.74, 6) is 1.29. The molecule has 6 heteroatoms. The van der Waals surface area contributed by atoms with Crippen molar-refractivity contribution in [3.05, 3.63) is 45.8 Å². The molecule has 0 amide bonds. The van der Waals surface area contributed by atoms with Crippen LogP contribution in [-0.2, 0) is 4.74 Å². The van der Waals surface area contributed by atoms with Crippen LogP contribution in [0.4, 0.5) is 0 Å². The van der Waals surface area contributed by atoms with Gasteiger partial charge in [0.25, 0.3) is 0 Å². The SMILES string of the molecule is Cc1c(-c2cc3cc(OCC4(C)COC4)ccc3o2)oc(=O)c(C)c1O. The van der Waals surface area contributed by atoms with E-state index in [4.69, 9.17) is 18.3 Å². The van der Waals surface area contributed by atoms with Crippen LogP contribution in [0.15, 0.2) is 37.9 Å². The van der Waals surface area contributed by atoms with E-state index >= 15 is 0 Å². The van der Waals surface area contributed by atoms with Gasteiger partial charge in [-0.2, -0.15) is 0 Å². The number of fused-ring (bicyclic) bond motifs is 1. The Morgan fingerprint density at radius 2 is 1.92 bits per heavy atom. The molecule has 0 saturated carbocycles. The Hall–Kier alpha value is -2.73. The van der Waals surface area contributed by atoms with Gasteiger partial charge in [-0.3, -0.25) is 0 Å². The van der Waals surface area contributed by atoms with Crippen LogP contribution in [-0.4, -0.2) is 24.9 Å². The van der Waals surface area contributed by atoms with Crippen molar-refractivity contribution in [2.45, 2.75) is 20.8 Å². The molecule has 0 bridgehead atoms. The fourth-order valence-corrected chi connectivity index (χ4v) is 2.98. The van der Waals surface area contributed by atoms with Crippen LogP contribution in [0, 0.1) is 19.3 Å². The van der Waals surface area contributed by atoms with Gasteiger partial charge in [-0.25, -0.2) is 4.79 Å². The van der Waals surface area contributed by atoms with Gasteiger partial charge in [-0.05, 0) is 38.1 Å². The molecule has 0 unspecified atom stereocenters. The number of furan rings is 1. The molecule has 1 N–H and O–H groups in total.